The van der Waals surface area contributed by atoms with Crippen LogP contribution in [0.1, 0.15) is 29.2 Å². The summed E-state index contributed by atoms with van der Waals surface area (Å²) in [6.07, 6.45) is 1.19. The molecule has 2 aromatic rings. The zero-order valence-corrected chi connectivity index (χ0v) is 12.4. The first-order valence-electron chi connectivity index (χ1n) is 6.52. The Labute approximate surface area is 125 Å². The van der Waals surface area contributed by atoms with Crippen LogP contribution in [0.25, 0.3) is 0 Å². The molecule has 20 heavy (non-hydrogen) atoms. The van der Waals surface area contributed by atoms with Gasteiger partial charge in [-0.1, -0.05) is 34.1 Å². The topological polar surface area (TPSA) is 29.5 Å². The molecule has 0 radical (unpaired) electrons. The van der Waals surface area contributed by atoms with E-state index in [1.807, 2.05) is 18.2 Å². The van der Waals surface area contributed by atoms with Crippen LogP contribution in [-0.2, 0) is 13.0 Å². The summed E-state index contributed by atoms with van der Waals surface area (Å²) in [5, 5.41) is 9.86. The fourth-order valence-electron chi connectivity index (χ4n) is 2.53. The highest BCUT2D eigenvalue weighted by Crippen LogP contribution is 2.37. The molecule has 0 aliphatic heterocycles. The van der Waals surface area contributed by atoms with Crippen LogP contribution in [0.15, 0.2) is 40.9 Å². The maximum Gasteiger partial charge on any atom is 0.124 e. The highest BCUT2D eigenvalue weighted by atomic mass is 79.9. The minimum Gasteiger partial charge on any atom is -0.489 e. The van der Waals surface area contributed by atoms with Crippen LogP contribution in [0.5, 0.6) is 5.75 Å². The van der Waals surface area contributed by atoms with Crippen LogP contribution in [0.4, 0.5) is 4.39 Å². The van der Waals surface area contributed by atoms with Gasteiger partial charge in [0.25, 0.3) is 0 Å². The van der Waals surface area contributed by atoms with Gasteiger partial charge < -0.3 is 9.84 Å². The Kier molecular flexibility index (Phi) is 3.76. The molecule has 2 aromatic carbocycles. The number of ether oxygens (including phenoxy) is 1. The SMILES string of the molecule is OC1CCc2c(OCc3ccc(F)cc3Br)cccc21. The minimum atomic E-state index is -0.383. The number of halogens is 2. The third kappa shape index (κ3) is 2.58. The second kappa shape index (κ2) is 5.54. The summed E-state index contributed by atoms with van der Waals surface area (Å²) in [5.41, 5.74) is 2.93. The molecule has 3 rings (SSSR count). The Morgan fingerprint density at radius 2 is 2.15 bits per heavy atom. The molecule has 0 spiro atoms. The highest BCUT2D eigenvalue weighted by molar-refractivity contribution is 9.10. The Morgan fingerprint density at radius 1 is 1.30 bits per heavy atom. The number of hydrogen-bond donors (Lipinski definition) is 1. The van der Waals surface area contributed by atoms with Gasteiger partial charge in [-0.25, -0.2) is 4.39 Å². The molecule has 1 aliphatic rings. The lowest BCUT2D eigenvalue weighted by molar-refractivity contribution is 0.180. The van der Waals surface area contributed by atoms with Gasteiger partial charge in [0.05, 0.1) is 6.10 Å². The normalized spacial score (nSPS) is 17.1. The van der Waals surface area contributed by atoms with Gasteiger partial charge in [-0.05, 0) is 36.6 Å². The fraction of sp³-hybridized carbons (Fsp3) is 0.250. The van der Waals surface area contributed by atoms with Crippen molar-refractivity contribution < 1.29 is 14.2 Å². The van der Waals surface area contributed by atoms with Crippen LogP contribution >= 0.6 is 15.9 Å². The number of rotatable bonds is 3. The molecule has 0 bridgehead atoms. The van der Waals surface area contributed by atoms with Crippen LogP contribution < -0.4 is 4.74 Å². The Hall–Kier alpha value is -1.39. The average Bonchev–Trinajstić information content (AvgIpc) is 2.80. The molecule has 4 heteroatoms. The van der Waals surface area contributed by atoms with Crippen molar-refractivity contribution in [2.45, 2.75) is 25.6 Å². The standard InChI is InChI=1S/C16H14BrFO2/c17-14-8-11(18)5-4-10(14)9-20-16-3-1-2-12-13(16)6-7-15(12)19/h1-5,8,15,19H,6-7,9H2. The van der Waals surface area contributed by atoms with Crippen molar-refractivity contribution in [2.24, 2.45) is 0 Å². The molecule has 2 nitrogen and oxygen atoms in total. The molecule has 1 aliphatic carbocycles. The number of aliphatic hydroxyl groups excluding tert-OH is 1. The first-order valence-corrected chi connectivity index (χ1v) is 7.31. The highest BCUT2D eigenvalue weighted by Gasteiger charge is 2.23. The second-order valence-electron chi connectivity index (χ2n) is 4.90. The van der Waals surface area contributed by atoms with E-state index in [1.165, 1.54) is 12.1 Å². The maximum atomic E-state index is 13.0. The summed E-state index contributed by atoms with van der Waals surface area (Å²) in [6.45, 7) is 0.368. The molecule has 0 aromatic heterocycles. The summed E-state index contributed by atoms with van der Waals surface area (Å²) < 4.78 is 19.6. The number of fused-ring (bicyclic) bond motifs is 1. The van der Waals surface area contributed by atoms with Gasteiger partial charge >= 0.3 is 0 Å². The molecule has 1 N–H and O–H groups in total. The van der Waals surface area contributed by atoms with Crippen LogP contribution in [0.2, 0.25) is 0 Å². The zero-order chi connectivity index (χ0) is 14.1. The van der Waals surface area contributed by atoms with Crippen molar-refractivity contribution in [2.75, 3.05) is 0 Å². The van der Waals surface area contributed by atoms with Gasteiger partial charge in [0.2, 0.25) is 0 Å². The van der Waals surface area contributed by atoms with E-state index in [2.05, 4.69) is 15.9 Å². The first kappa shape index (κ1) is 13.6. The zero-order valence-electron chi connectivity index (χ0n) is 10.8. The van der Waals surface area contributed by atoms with Crippen molar-refractivity contribution in [3.8, 4) is 5.75 Å². The number of hydrogen-bond acceptors (Lipinski definition) is 2. The van der Waals surface area contributed by atoms with Crippen molar-refractivity contribution in [3.05, 3.63) is 63.4 Å². The van der Waals surface area contributed by atoms with Crippen molar-refractivity contribution in [3.63, 3.8) is 0 Å². The fourth-order valence-corrected chi connectivity index (χ4v) is 2.99. The lowest BCUT2D eigenvalue weighted by Gasteiger charge is -2.12. The van der Waals surface area contributed by atoms with Crippen LogP contribution in [0.3, 0.4) is 0 Å². The minimum absolute atomic E-state index is 0.274. The van der Waals surface area contributed by atoms with Gasteiger partial charge in [-0.2, -0.15) is 0 Å². The smallest absolute Gasteiger partial charge is 0.124 e. The third-order valence-corrected chi connectivity index (χ3v) is 4.33. The summed E-state index contributed by atoms with van der Waals surface area (Å²) in [5.74, 6) is 0.527. The Balaban J connectivity index is 1.79. The van der Waals surface area contributed by atoms with Crippen LogP contribution in [0, 0.1) is 5.82 Å². The quantitative estimate of drug-likeness (QED) is 0.912. The van der Waals surface area contributed by atoms with E-state index >= 15 is 0 Å². The maximum absolute atomic E-state index is 13.0. The van der Waals surface area contributed by atoms with Gasteiger partial charge in [0, 0.05) is 15.6 Å². The molecule has 0 amide bonds. The average molecular weight is 337 g/mol. The molecule has 0 saturated heterocycles. The number of benzene rings is 2. The largest absolute Gasteiger partial charge is 0.489 e. The summed E-state index contributed by atoms with van der Waals surface area (Å²) >= 11 is 3.33. The molecule has 104 valence electrons. The Bertz CT molecular complexity index is 642. The van der Waals surface area contributed by atoms with E-state index in [1.54, 1.807) is 6.07 Å². The van der Waals surface area contributed by atoms with E-state index < -0.39 is 0 Å². The van der Waals surface area contributed by atoms with Crippen molar-refractivity contribution in [1.29, 1.82) is 0 Å². The van der Waals surface area contributed by atoms with Crippen LogP contribution in [-0.4, -0.2) is 5.11 Å². The Morgan fingerprint density at radius 3 is 2.95 bits per heavy atom. The molecule has 0 saturated carbocycles. The van der Waals surface area contributed by atoms with Gasteiger partial charge in [0.1, 0.15) is 18.2 Å². The second-order valence-corrected chi connectivity index (χ2v) is 5.76. The van der Waals surface area contributed by atoms with Gasteiger partial charge in [-0.3, -0.25) is 0 Å². The lowest BCUT2D eigenvalue weighted by atomic mass is 10.1. The van der Waals surface area contributed by atoms with Gasteiger partial charge in [-0.15, -0.1) is 0 Å². The molecular formula is C16H14BrFO2. The van der Waals surface area contributed by atoms with E-state index in [0.29, 0.717) is 11.1 Å². The summed E-state index contributed by atoms with van der Waals surface area (Å²) in [6, 6.07) is 10.3. The lowest BCUT2D eigenvalue weighted by Crippen LogP contribution is -2.00. The molecule has 0 heterocycles. The van der Waals surface area contributed by atoms with Crippen molar-refractivity contribution >= 4 is 15.9 Å². The molecule has 1 unspecified atom stereocenters. The summed E-state index contributed by atoms with van der Waals surface area (Å²) in [4.78, 5) is 0. The number of aliphatic hydroxyl groups is 1. The molecular weight excluding hydrogens is 323 g/mol. The monoisotopic (exact) mass is 336 g/mol. The van der Waals surface area contributed by atoms with E-state index in [4.69, 9.17) is 4.74 Å². The van der Waals surface area contributed by atoms with E-state index in [9.17, 15) is 9.50 Å². The first-order chi connectivity index (χ1) is 9.65. The summed E-state index contributed by atoms with van der Waals surface area (Å²) in [7, 11) is 0. The predicted molar refractivity (Wildman–Crippen MR) is 78.2 cm³/mol. The predicted octanol–water partition coefficient (Wildman–Crippen LogP) is 4.15. The molecule has 1 atom stereocenters. The van der Waals surface area contributed by atoms with E-state index in [-0.39, 0.29) is 11.9 Å². The molecule has 0 fully saturated rings. The third-order valence-electron chi connectivity index (χ3n) is 3.59. The van der Waals surface area contributed by atoms with Gasteiger partial charge in [0.15, 0.2) is 0 Å². The van der Waals surface area contributed by atoms with Crippen molar-refractivity contribution in [1.82, 2.24) is 0 Å². The van der Waals surface area contributed by atoms with E-state index in [0.717, 1.165) is 35.3 Å².